The number of halogens is 4. The van der Waals surface area contributed by atoms with Crippen LogP contribution in [-0.4, -0.2) is 26.5 Å². The molecule has 2 aromatic rings. The Hall–Kier alpha value is -0.268. The molecular formula is C28H45AlCl4O2. The third kappa shape index (κ3) is 20.5. The van der Waals surface area contributed by atoms with Crippen molar-refractivity contribution in [1.29, 1.82) is 0 Å². The maximum Gasteiger partial charge on any atom is 0.643 e. The molecular weight excluding hydrogens is 537 g/mol. The first-order chi connectivity index (χ1) is 25.8. The van der Waals surface area contributed by atoms with Crippen molar-refractivity contribution < 1.29 is 44.5 Å². The summed E-state index contributed by atoms with van der Waals surface area (Å²) in [4.78, 5) is -2.15. The highest BCUT2D eigenvalue weighted by Gasteiger charge is 2.21. The van der Waals surface area contributed by atoms with E-state index in [-0.39, 0.29) is 5.56 Å². The third-order valence-corrected chi connectivity index (χ3v) is 3.15. The lowest BCUT2D eigenvalue weighted by Gasteiger charge is -2.25. The van der Waals surface area contributed by atoms with Gasteiger partial charge in [0.25, 0.3) is 0 Å². The molecule has 2 nitrogen and oxygen atoms in total. The molecule has 0 spiro atoms. The molecule has 0 saturated heterocycles. The zero-order valence-electron chi connectivity index (χ0n) is 45.0. The van der Waals surface area contributed by atoms with Gasteiger partial charge in [-0.25, -0.2) is 30.1 Å². The van der Waals surface area contributed by atoms with E-state index in [0.717, 1.165) is 13.8 Å². The summed E-state index contributed by atoms with van der Waals surface area (Å²) in [6.07, 6.45) is 0. The molecule has 0 heterocycles. The van der Waals surface area contributed by atoms with Crippen LogP contribution >= 0.6 is 41.7 Å². The van der Waals surface area contributed by atoms with Crippen LogP contribution in [0.3, 0.4) is 0 Å². The molecule has 0 atom stereocenters. The molecule has 2 N–H and O–H groups in total. The Morgan fingerprint density at radius 1 is 0.686 bits per heavy atom. The van der Waals surface area contributed by atoms with E-state index in [4.69, 9.17) is 76.0 Å². The number of benzene rings is 2. The topological polar surface area (TPSA) is 40.5 Å². The van der Waals surface area contributed by atoms with Gasteiger partial charge >= 0.3 is 11.4 Å². The monoisotopic (exact) mass is 605 g/mol. The first-order valence-electron chi connectivity index (χ1n) is 22.0. The smallest absolute Gasteiger partial charge is 0.508 e. The van der Waals surface area contributed by atoms with Crippen LogP contribution < -0.4 is 0 Å². The van der Waals surface area contributed by atoms with E-state index in [2.05, 4.69) is 0 Å². The summed E-state index contributed by atoms with van der Waals surface area (Å²) in [7, 11) is 14.8. The second kappa shape index (κ2) is 15.2. The van der Waals surface area contributed by atoms with E-state index in [1.807, 2.05) is 0 Å². The molecule has 0 bridgehead atoms. The number of rotatable bonds is 0. The van der Waals surface area contributed by atoms with Crippen LogP contribution in [0.25, 0.3) is 0 Å². The SMILES string of the molecule is [2H]C([2H])([2H])C(C)(Cl)C([2H])([2H])[2H].[2H]c1c([2H])c(C(C)(C)C([2H])([2H])[2H])c([2H])c(C(C)(C([2H])([2H])[2H])C([2H])([2H])[2H])c1O.[2H]c1c([2H])c(C(C)(C)C([2H])([2H])[2H])c([2H])c([2H])c1O.[Cl][Al]([Cl])[Cl]. The highest BCUT2D eigenvalue weighted by Crippen LogP contribution is 2.34. The minimum Gasteiger partial charge on any atom is -0.508 e. The predicted octanol–water partition coefficient (Wildman–Crippen LogP) is 10.4. The number of hydrogen-bond donors (Lipinski definition) is 2. The summed E-state index contributed by atoms with van der Waals surface area (Å²) < 4.78 is 187. The van der Waals surface area contributed by atoms with Crippen LogP contribution in [0.4, 0.5) is 0 Å². The highest BCUT2D eigenvalue weighted by atomic mass is 35.8. The van der Waals surface area contributed by atoms with Crippen molar-refractivity contribution in [3.05, 3.63) is 59.0 Å². The fourth-order valence-corrected chi connectivity index (χ4v) is 1.69. The van der Waals surface area contributed by atoms with Gasteiger partial charge in [0, 0.05) is 29.5 Å². The minimum atomic E-state index is -3.22. The normalized spacial score (nSPS) is 24.2. The van der Waals surface area contributed by atoms with Crippen LogP contribution in [0, 0.1) is 0 Å². The lowest BCUT2D eigenvalue weighted by molar-refractivity contribution is 0.444. The molecule has 0 radical (unpaired) electrons. The quantitative estimate of drug-likeness (QED) is 0.231. The van der Waals surface area contributed by atoms with Gasteiger partial charge in [0.15, 0.2) is 0 Å². The Balaban J connectivity index is 0. The molecule has 2 rings (SSSR count). The molecule has 200 valence electrons. The first-order valence-corrected chi connectivity index (χ1v) is 15.2. The molecule has 0 saturated carbocycles. The Labute approximate surface area is 272 Å². The summed E-state index contributed by atoms with van der Waals surface area (Å²) in [5, 5.41) is 19.8. The Kier molecular flexibility index (Phi) is 5.16. The molecule has 0 aromatic heterocycles. The molecule has 0 aliphatic rings. The minimum absolute atomic E-state index is 0.213. The van der Waals surface area contributed by atoms with E-state index in [9.17, 15) is 10.2 Å². The zero-order chi connectivity index (χ0) is 49.5. The molecule has 0 aliphatic carbocycles. The molecule has 35 heavy (non-hydrogen) atoms. The van der Waals surface area contributed by atoms with Crippen molar-refractivity contribution in [3.63, 3.8) is 0 Å². The van der Waals surface area contributed by atoms with Crippen LogP contribution in [0.2, 0.25) is 0 Å². The van der Waals surface area contributed by atoms with Gasteiger partial charge < -0.3 is 10.2 Å². The maximum absolute atomic E-state index is 10.3. The van der Waals surface area contributed by atoms with Gasteiger partial charge in [0.05, 0.1) is 9.60 Å². The maximum atomic E-state index is 10.3. The van der Waals surface area contributed by atoms with E-state index in [1.165, 1.54) is 27.7 Å². The lowest BCUT2D eigenvalue weighted by Crippen LogP contribution is -2.16. The van der Waals surface area contributed by atoms with Gasteiger partial charge in [-0.3, -0.25) is 0 Å². The average molecular weight is 608 g/mol. The number of phenols is 2. The van der Waals surface area contributed by atoms with Crippen LogP contribution in [-0.2, 0) is 16.2 Å². The van der Waals surface area contributed by atoms with Crippen molar-refractivity contribution in [2.45, 2.75) is 104 Å². The Morgan fingerprint density at radius 2 is 1.09 bits per heavy atom. The summed E-state index contributed by atoms with van der Waals surface area (Å²) in [5.74, 6) is -1.89. The van der Waals surface area contributed by atoms with Crippen molar-refractivity contribution >= 4 is 53.1 Å². The van der Waals surface area contributed by atoms with E-state index in [1.54, 1.807) is 0 Å². The highest BCUT2D eigenvalue weighted by molar-refractivity contribution is 7.54. The Bertz CT molecular complexity index is 1750. The van der Waals surface area contributed by atoms with E-state index >= 15 is 0 Å². The van der Waals surface area contributed by atoms with Gasteiger partial charge in [-0.1, -0.05) is 86.2 Å². The van der Waals surface area contributed by atoms with Crippen molar-refractivity contribution in [1.82, 2.24) is 0 Å². The van der Waals surface area contributed by atoms with Crippen molar-refractivity contribution in [3.8, 4) is 11.5 Å². The summed E-state index contributed by atoms with van der Waals surface area (Å²) in [6, 6.07) is -4.84. The van der Waals surface area contributed by atoms with Crippen molar-refractivity contribution in [2.75, 3.05) is 0 Å². The number of hydrogen-bond acceptors (Lipinski definition) is 2. The third-order valence-electron chi connectivity index (χ3n) is 3.15. The largest absolute Gasteiger partial charge is 0.643 e. The average Bonchev–Trinajstić information content (AvgIpc) is 2.98. The van der Waals surface area contributed by atoms with Gasteiger partial charge in [-0.15, -0.1) is 11.6 Å². The van der Waals surface area contributed by atoms with Crippen LogP contribution in [0.15, 0.2) is 42.3 Å². The van der Waals surface area contributed by atoms with Crippen LogP contribution in [0.1, 0.15) is 134 Å². The molecule has 0 fully saturated rings. The molecule has 7 heteroatoms. The lowest BCUT2D eigenvalue weighted by atomic mass is 9.80. The molecule has 0 amide bonds. The molecule has 2 aromatic carbocycles. The number of aromatic hydroxyl groups is 2. The number of alkyl halides is 1. The van der Waals surface area contributed by atoms with Gasteiger partial charge in [-0.05, 0) is 71.7 Å². The summed E-state index contributed by atoms with van der Waals surface area (Å²) >= 11 is 3.64. The second-order valence-electron chi connectivity index (χ2n) is 8.32. The van der Waals surface area contributed by atoms with Gasteiger partial charge in [0.1, 0.15) is 11.5 Å². The predicted molar refractivity (Wildman–Crippen MR) is 161 cm³/mol. The fraction of sp³-hybridized carbons (Fsp3) is 0.571. The number of phenolic OH excluding ortho intramolecular Hbond substituents is 2. The molecule has 0 aliphatic heterocycles. The van der Waals surface area contributed by atoms with Gasteiger partial charge in [-0.2, -0.15) is 0 Å². The van der Waals surface area contributed by atoms with E-state index < -0.39 is 139 Å². The van der Waals surface area contributed by atoms with E-state index in [0.29, 0.717) is 0 Å². The second-order valence-corrected chi connectivity index (χ2v) is 15.5. The van der Waals surface area contributed by atoms with Gasteiger partial charge in [0.2, 0.25) is 0 Å². The molecule has 0 unspecified atom stereocenters. The standard InChI is InChI=1S/C14H22O.C10H14O.C4H9Cl.Al.3ClH/c1-13(2,3)10-7-8-12(15)11(9-10)14(4,5)6;1-10(2,3)8-4-6-9(11)7-5-8;1-4(2,3)5;;;;/h7-9,15H,1-6H3;4-7,11H,1-3H3;1-3H3;;3*1H/q;;;+3;;;/p-3/i1D3,4D3,5D3,7D,8D,9D;1D3,4D,5D,6D,7D;1D3,2D3;;;;. The summed E-state index contributed by atoms with van der Waals surface area (Å²) in [5.41, 5.74) is -7.78. The fourth-order valence-electron chi connectivity index (χ4n) is 1.69. The van der Waals surface area contributed by atoms with Crippen LogP contribution in [0.5, 0.6) is 11.5 Å². The van der Waals surface area contributed by atoms with Crippen molar-refractivity contribution in [2.24, 2.45) is 0 Å². The zero-order valence-corrected chi connectivity index (χ0v) is 24.2. The first kappa shape index (κ1) is 11.9. The summed E-state index contributed by atoms with van der Waals surface area (Å²) in [6.45, 7) is -10.1. The Morgan fingerprint density at radius 3 is 1.46 bits per heavy atom.